The Labute approximate surface area is 163 Å². The third kappa shape index (κ3) is 12.9. The average molecular weight is 406 g/mol. The molecule has 0 saturated carbocycles. The molecule has 0 aliphatic rings. The maximum atomic E-state index is 11.1. The van der Waals surface area contributed by atoms with Crippen LogP contribution in [-0.2, 0) is 27.4 Å². The van der Waals surface area contributed by atoms with Crippen molar-refractivity contribution in [1.29, 1.82) is 0 Å². The van der Waals surface area contributed by atoms with Gasteiger partial charge in [0.1, 0.15) is 18.4 Å². The van der Waals surface area contributed by atoms with Gasteiger partial charge in [-0.2, -0.15) is 13.2 Å². The molecule has 160 valence electrons. The summed E-state index contributed by atoms with van der Waals surface area (Å²) in [5.74, 6) is -3.28. The molecular weight excluding hydrogens is 377 g/mol. The molecule has 9 heteroatoms. The van der Waals surface area contributed by atoms with Crippen LogP contribution in [0.15, 0.2) is 30.9 Å². The summed E-state index contributed by atoms with van der Waals surface area (Å²) in [6.45, 7) is 10.0. The van der Waals surface area contributed by atoms with Crippen molar-refractivity contribution in [2.75, 3.05) is 6.61 Å². The molecule has 0 aromatic carbocycles. The number of unbranched alkanes of at least 4 members (excludes halogenated alkanes) is 5. The zero-order chi connectivity index (χ0) is 21.6. The number of halogens is 3. The van der Waals surface area contributed by atoms with Gasteiger partial charge in [-0.3, -0.25) is 0 Å². The molecule has 1 aromatic rings. The van der Waals surface area contributed by atoms with Gasteiger partial charge in [0.15, 0.2) is 0 Å². The van der Waals surface area contributed by atoms with Crippen LogP contribution in [0.4, 0.5) is 13.2 Å². The second kappa shape index (κ2) is 13.8. The Kier molecular flexibility index (Phi) is 12.6. The maximum absolute atomic E-state index is 11.1. The van der Waals surface area contributed by atoms with Crippen LogP contribution in [0.1, 0.15) is 52.4 Å². The summed E-state index contributed by atoms with van der Waals surface area (Å²) in [5.41, 5.74) is 0.476. The monoisotopic (exact) mass is 406 g/mol. The van der Waals surface area contributed by atoms with E-state index >= 15 is 0 Å². The zero-order valence-electron chi connectivity index (χ0n) is 16.5. The van der Waals surface area contributed by atoms with Crippen LogP contribution in [0.2, 0.25) is 0 Å². The van der Waals surface area contributed by atoms with Gasteiger partial charge < -0.3 is 14.6 Å². The molecule has 0 N–H and O–H groups in total. The van der Waals surface area contributed by atoms with E-state index in [2.05, 4.69) is 41.4 Å². The molecule has 0 amide bonds. The van der Waals surface area contributed by atoms with Crippen molar-refractivity contribution >= 4 is 11.9 Å². The molecular formula is C19H29F3N2O4. The Morgan fingerprint density at radius 3 is 2.14 bits per heavy atom. The Bertz CT molecular complexity index is 613. The molecule has 1 aromatic heterocycles. The van der Waals surface area contributed by atoms with Gasteiger partial charge in [-0.1, -0.05) is 25.8 Å². The Balaban J connectivity index is 0.000000887. The van der Waals surface area contributed by atoms with Crippen molar-refractivity contribution < 1.29 is 37.2 Å². The lowest BCUT2D eigenvalue weighted by Gasteiger charge is -2.04. The van der Waals surface area contributed by atoms with Crippen LogP contribution in [0.25, 0.3) is 0 Å². The predicted molar refractivity (Wildman–Crippen MR) is 94.8 cm³/mol. The minimum Gasteiger partial charge on any atom is -0.542 e. The molecule has 1 heterocycles. The third-order valence-corrected chi connectivity index (χ3v) is 3.74. The summed E-state index contributed by atoms with van der Waals surface area (Å²) < 4.78 is 41.0. The van der Waals surface area contributed by atoms with Crippen molar-refractivity contribution in [1.82, 2.24) is 4.57 Å². The van der Waals surface area contributed by atoms with Crippen molar-refractivity contribution in [3.63, 3.8) is 0 Å². The van der Waals surface area contributed by atoms with E-state index in [1.165, 1.54) is 25.7 Å². The molecule has 0 spiro atoms. The highest BCUT2D eigenvalue weighted by molar-refractivity contribution is 5.86. The van der Waals surface area contributed by atoms with E-state index < -0.39 is 12.1 Å². The van der Waals surface area contributed by atoms with Gasteiger partial charge in [0.05, 0.1) is 19.7 Å². The molecule has 0 aliphatic heterocycles. The van der Waals surface area contributed by atoms with Gasteiger partial charge in [-0.25, -0.2) is 13.9 Å². The first-order valence-corrected chi connectivity index (χ1v) is 9.23. The second-order valence-corrected chi connectivity index (χ2v) is 6.30. The molecule has 0 radical (unpaired) electrons. The topological polar surface area (TPSA) is 75.2 Å². The van der Waals surface area contributed by atoms with E-state index in [0.29, 0.717) is 12.2 Å². The van der Waals surface area contributed by atoms with E-state index in [-0.39, 0.29) is 5.97 Å². The van der Waals surface area contributed by atoms with Crippen LogP contribution < -0.4 is 9.67 Å². The average Bonchev–Trinajstić information content (AvgIpc) is 3.07. The molecule has 0 unspecified atom stereocenters. The van der Waals surface area contributed by atoms with Crippen LogP contribution in [0.5, 0.6) is 0 Å². The van der Waals surface area contributed by atoms with Gasteiger partial charge in [-0.05, 0) is 33.1 Å². The number of hydrogen-bond donors (Lipinski definition) is 0. The first-order valence-electron chi connectivity index (χ1n) is 9.23. The van der Waals surface area contributed by atoms with E-state index in [9.17, 15) is 18.0 Å². The largest absolute Gasteiger partial charge is 0.542 e. The number of alkyl halides is 3. The van der Waals surface area contributed by atoms with Crippen molar-refractivity contribution in [2.45, 2.75) is 71.6 Å². The maximum Gasteiger partial charge on any atom is 0.430 e. The number of aromatic nitrogens is 2. The van der Waals surface area contributed by atoms with E-state index in [4.69, 9.17) is 14.6 Å². The third-order valence-electron chi connectivity index (χ3n) is 3.74. The SMILES string of the molecule is C=C(C)C(=O)OCCCCCCCC[n+]1ccn(CC)c1.O=C([O-])C(F)(F)F. The number of carboxylic acid groups (broad SMARTS) is 1. The molecule has 0 bridgehead atoms. The number of ether oxygens (including phenoxy) is 1. The van der Waals surface area contributed by atoms with Gasteiger partial charge in [0, 0.05) is 5.57 Å². The Morgan fingerprint density at radius 1 is 1.14 bits per heavy atom. The highest BCUT2D eigenvalue weighted by Gasteiger charge is 2.28. The highest BCUT2D eigenvalue weighted by atomic mass is 19.4. The first kappa shape index (κ1) is 25.7. The van der Waals surface area contributed by atoms with Crippen LogP contribution in [0, 0.1) is 0 Å². The first-order chi connectivity index (χ1) is 13.1. The summed E-state index contributed by atoms with van der Waals surface area (Å²) in [6.07, 6.45) is 8.26. The number of esters is 1. The highest BCUT2D eigenvalue weighted by Crippen LogP contribution is 2.11. The van der Waals surface area contributed by atoms with E-state index in [1.54, 1.807) is 6.92 Å². The number of carboxylic acids is 1. The molecule has 0 aliphatic carbocycles. The molecule has 0 saturated heterocycles. The van der Waals surface area contributed by atoms with Crippen molar-refractivity contribution in [3.05, 3.63) is 30.9 Å². The van der Waals surface area contributed by atoms with Gasteiger partial charge in [0.25, 0.3) is 0 Å². The summed E-state index contributed by atoms with van der Waals surface area (Å²) in [5, 5.41) is 8.78. The van der Waals surface area contributed by atoms with Crippen molar-refractivity contribution in [3.8, 4) is 0 Å². The molecule has 28 heavy (non-hydrogen) atoms. The number of carbonyl (C=O) groups excluding carboxylic acids is 2. The lowest BCUT2D eigenvalue weighted by Crippen LogP contribution is -2.37. The van der Waals surface area contributed by atoms with Gasteiger partial charge >= 0.3 is 12.1 Å². The fraction of sp³-hybridized carbons (Fsp3) is 0.632. The number of rotatable bonds is 11. The van der Waals surface area contributed by atoms with Crippen LogP contribution >= 0.6 is 0 Å². The smallest absolute Gasteiger partial charge is 0.430 e. The van der Waals surface area contributed by atoms with Crippen LogP contribution in [-0.4, -0.2) is 29.3 Å². The van der Waals surface area contributed by atoms with Crippen molar-refractivity contribution in [2.24, 2.45) is 0 Å². The molecule has 0 fully saturated rings. The summed E-state index contributed by atoms with van der Waals surface area (Å²) in [6, 6.07) is 0. The standard InChI is InChI=1S/C17H29N2O2.C2HF3O2/c1-4-18-12-13-19(15-18)11-9-7-5-6-8-10-14-21-17(20)16(2)3;3-2(4,5)1(6)7/h12-13,15H,2,4-11,14H2,1,3H3;(H,6,7)/q+1;/p-1. The number of carbonyl (C=O) groups is 2. The molecule has 1 rings (SSSR count). The fourth-order valence-electron chi connectivity index (χ4n) is 2.15. The minimum atomic E-state index is -5.19. The summed E-state index contributed by atoms with van der Waals surface area (Å²) in [7, 11) is 0. The zero-order valence-corrected chi connectivity index (χ0v) is 16.5. The number of hydrogen-bond acceptors (Lipinski definition) is 4. The molecule has 0 atom stereocenters. The Hall–Kier alpha value is -2.32. The van der Waals surface area contributed by atoms with E-state index in [0.717, 1.165) is 25.9 Å². The number of aryl methyl sites for hydroxylation is 2. The normalized spacial score (nSPS) is 10.8. The number of imidazole rings is 1. The minimum absolute atomic E-state index is 0.272. The van der Waals surface area contributed by atoms with E-state index in [1.807, 2.05) is 0 Å². The summed E-state index contributed by atoms with van der Waals surface area (Å²) in [4.78, 5) is 19.9. The number of nitrogens with zero attached hydrogens (tertiary/aromatic N) is 2. The molecule has 6 nitrogen and oxygen atoms in total. The summed E-state index contributed by atoms with van der Waals surface area (Å²) >= 11 is 0. The lowest BCUT2D eigenvalue weighted by molar-refractivity contribution is -0.696. The van der Waals surface area contributed by atoms with Gasteiger partial charge in [-0.15, -0.1) is 0 Å². The fourth-order valence-corrected chi connectivity index (χ4v) is 2.15. The lowest BCUT2D eigenvalue weighted by atomic mass is 10.1. The Morgan fingerprint density at radius 2 is 1.68 bits per heavy atom. The second-order valence-electron chi connectivity index (χ2n) is 6.30. The van der Waals surface area contributed by atoms with Gasteiger partial charge in [0.2, 0.25) is 6.33 Å². The van der Waals surface area contributed by atoms with Crippen LogP contribution in [0.3, 0.4) is 0 Å². The number of aliphatic carboxylic acids is 1. The quantitative estimate of drug-likeness (QED) is 0.245. The predicted octanol–water partition coefficient (Wildman–Crippen LogP) is 2.55.